The van der Waals surface area contributed by atoms with Crippen molar-refractivity contribution in [2.24, 2.45) is 0 Å². The van der Waals surface area contributed by atoms with Crippen LogP contribution in [-0.4, -0.2) is 89.3 Å². The normalized spacial score (nSPS) is 21.5. The number of amides is 4. The van der Waals surface area contributed by atoms with Gasteiger partial charge in [0.05, 0.1) is 17.1 Å². The molecule has 8 nitrogen and oxygen atoms in total. The summed E-state index contributed by atoms with van der Waals surface area (Å²) in [5, 5.41) is 1.65. The average Bonchev–Trinajstić information content (AvgIpc) is 2.96. The molecule has 0 aromatic carbocycles. The summed E-state index contributed by atoms with van der Waals surface area (Å²) in [7, 11) is 0. The van der Waals surface area contributed by atoms with E-state index in [1.54, 1.807) is 0 Å². The lowest BCUT2D eigenvalue weighted by molar-refractivity contribution is -0.137. The van der Waals surface area contributed by atoms with Crippen LogP contribution in [0, 0.1) is 0 Å². The molecule has 3 rings (SSSR count). The molecular weight excluding hydrogens is 502 g/mol. The Kier molecular flexibility index (Phi) is 10.1. The first-order valence-corrected chi connectivity index (χ1v) is 13.5. The molecule has 0 radical (unpaired) electrons. The van der Waals surface area contributed by atoms with E-state index in [2.05, 4.69) is 5.32 Å². The molecule has 0 saturated carbocycles. The molecule has 11 heteroatoms. The lowest BCUT2D eigenvalue weighted by Crippen LogP contribution is -2.52. The Bertz CT molecular complexity index is 1050. The molecule has 202 valence electrons. The molecule has 0 aromatic heterocycles. The predicted octanol–water partition coefficient (Wildman–Crippen LogP) is 2.85. The smallest absolute Gasteiger partial charge is 0.264 e. The van der Waals surface area contributed by atoms with Crippen molar-refractivity contribution in [3.8, 4) is 0 Å². The number of hydrogen-bond donors (Lipinski definition) is 1. The zero-order valence-electron chi connectivity index (χ0n) is 21.5. The van der Waals surface area contributed by atoms with Gasteiger partial charge in [0.15, 0.2) is 0 Å². The van der Waals surface area contributed by atoms with Gasteiger partial charge in [0.25, 0.3) is 12.3 Å². The van der Waals surface area contributed by atoms with Crippen LogP contribution in [0.3, 0.4) is 0 Å². The highest BCUT2D eigenvalue weighted by Crippen LogP contribution is 2.42. The maximum Gasteiger partial charge on any atom is 0.264 e. The third kappa shape index (κ3) is 6.68. The Morgan fingerprint density at radius 3 is 2.59 bits per heavy atom. The van der Waals surface area contributed by atoms with Gasteiger partial charge in [0, 0.05) is 31.8 Å². The average molecular weight is 537 g/mol. The Morgan fingerprint density at radius 2 is 1.97 bits per heavy atom. The molecule has 4 amide bonds. The lowest BCUT2D eigenvalue weighted by atomic mass is 10.0. The van der Waals surface area contributed by atoms with E-state index in [1.807, 2.05) is 39.0 Å². The van der Waals surface area contributed by atoms with Crippen LogP contribution in [0.5, 0.6) is 0 Å². The van der Waals surface area contributed by atoms with Crippen molar-refractivity contribution in [1.82, 2.24) is 20.0 Å². The number of allylic oxidation sites excluding steroid dienone is 3. The van der Waals surface area contributed by atoms with Crippen LogP contribution in [-0.2, 0) is 19.2 Å². The number of rotatable bonds is 9. The minimum Gasteiger partial charge on any atom is -0.353 e. The van der Waals surface area contributed by atoms with Gasteiger partial charge in [-0.1, -0.05) is 55.5 Å². The van der Waals surface area contributed by atoms with E-state index < -0.39 is 29.1 Å². The molecule has 0 aliphatic carbocycles. The van der Waals surface area contributed by atoms with Gasteiger partial charge < -0.3 is 20.0 Å². The van der Waals surface area contributed by atoms with E-state index in [1.165, 1.54) is 14.7 Å². The van der Waals surface area contributed by atoms with E-state index in [0.29, 0.717) is 12.8 Å². The van der Waals surface area contributed by atoms with Gasteiger partial charge >= 0.3 is 0 Å². The van der Waals surface area contributed by atoms with Crippen molar-refractivity contribution in [3.63, 3.8) is 0 Å². The van der Waals surface area contributed by atoms with Gasteiger partial charge in [-0.05, 0) is 26.2 Å². The number of halogens is 2. The first-order valence-electron chi connectivity index (χ1n) is 12.6. The standard InChI is InChI=1S/C26H34F2N4O4S/c1-4-7-17(8-5-2)9-12-30-16-21(34)32(11-6-3)26-22(25(30)36)18(23(27)28)14-19(37-26)24(35)31-13-10-29-20(33)15-31/h4,7-8,14,19,23H,5-6,9-13,15-16H2,1-3H3,(H,29,33)/b7-4-,17-8+. The Labute approximate surface area is 220 Å². The van der Waals surface area contributed by atoms with Crippen LogP contribution < -0.4 is 5.32 Å². The molecule has 1 N–H and O–H groups in total. The number of carbonyl (C=O) groups excluding carboxylic acids is 4. The maximum absolute atomic E-state index is 14.4. The van der Waals surface area contributed by atoms with Crippen molar-refractivity contribution >= 4 is 35.4 Å². The Balaban J connectivity index is 1.98. The minimum absolute atomic E-state index is 0.0924. The van der Waals surface area contributed by atoms with Crippen LogP contribution in [0.1, 0.15) is 40.0 Å². The SMILES string of the molecule is C/C=C\C(=C/CC)CCN1CC(=O)N(CCC)C2=C(C1=O)C(C(F)F)=CC(C(=O)N1CCNC(=O)C1)S2. The molecule has 3 aliphatic rings. The fourth-order valence-corrected chi connectivity index (χ4v) is 5.87. The van der Waals surface area contributed by atoms with Crippen LogP contribution in [0.2, 0.25) is 0 Å². The largest absolute Gasteiger partial charge is 0.353 e. The van der Waals surface area contributed by atoms with Crippen molar-refractivity contribution in [2.75, 3.05) is 39.3 Å². The van der Waals surface area contributed by atoms with E-state index in [-0.39, 0.29) is 61.7 Å². The highest BCUT2D eigenvalue weighted by atomic mass is 32.2. The summed E-state index contributed by atoms with van der Waals surface area (Å²) in [5.74, 6) is -1.84. The van der Waals surface area contributed by atoms with E-state index in [4.69, 9.17) is 0 Å². The molecule has 37 heavy (non-hydrogen) atoms. The van der Waals surface area contributed by atoms with Crippen LogP contribution >= 0.6 is 11.8 Å². The third-order valence-electron chi connectivity index (χ3n) is 6.24. The zero-order valence-corrected chi connectivity index (χ0v) is 22.3. The summed E-state index contributed by atoms with van der Waals surface area (Å²) in [4.78, 5) is 56.0. The van der Waals surface area contributed by atoms with Gasteiger partial charge in [0.2, 0.25) is 17.7 Å². The number of nitrogens with zero attached hydrogens (tertiary/aromatic N) is 3. The van der Waals surface area contributed by atoms with Gasteiger partial charge in [-0.3, -0.25) is 19.2 Å². The number of nitrogens with one attached hydrogen (secondary N) is 1. The summed E-state index contributed by atoms with van der Waals surface area (Å²) in [6.07, 6.45) is 5.77. The van der Waals surface area contributed by atoms with Crippen molar-refractivity contribution < 1.29 is 28.0 Å². The first kappa shape index (κ1) is 28.6. The summed E-state index contributed by atoms with van der Waals surface area (Å²) < 4.78 is 28.8. The second-order valence-corrected chi connectivity index (χ2v) is 10.1. The number of alkyl halides is 2. The summed E-state index contributed by atoms with van der Waals surface area (Å²) in [6, 6.07) is 0. The monoisotopic (exact) mass is 536 g/mol. The molecule has 1 atom stereocenters. The first-order chi connectivity index (χ1) is 17.7. The van der Waals surface area contributed by atoms with Gasteiger partial charge in [0.1, 0.15) is 11.8 Å². The van der Waals surface area contributed by atoms with Gasteiger partial charge in [-0.15, -0.1) is 0 Å². The molecular formula is C26H34F2N4O4S. The highest BCUT2D eigenvalue weighted by Gasteiger charge is 2.43. The molecule has 1 unspecified atom stereocenters. The van der Waals surface area contributed by atoms with Gasteiger partial charge in [-0.2, -0.15) is 0 Å². The fraction of sp³-hybridized carbons (Fsp3) is 0.538. The molecule has 0 bridgehead atoms. The van der Waals surface area contributed by atoms with Crippen LogP contribution in [0.25, 0.3) is 0 Å². The quantitative estimate of drug-likeness (QED) is 0.458. The topological polar surface area (TPSA) is 90.0 Å². The number of carbonyl (C=O) groups is 4. The molecule has 0 spiro atoms. The second kappa shape index (κ2) is 13.0. The molecule has 1 saturated heterocycles. The number of hydrogen-bond acceptors (Lipinski definition) is 5. The molecule has 3 aliphatic heterocycles. The number of thioether (sulfide) groups is 1. The zero-order chi connectivity index (χ0) is 27.1. The minimum atomic E-state index is -3.02. The molecule has 3 heterocycles. The summed E-state index contributed by atoms with van der Waals surface area (Å²) >= 11 is 0.933. The second-order valence-electron chi connectivity index (χ2n) is 8.96. The van der Waals surface area contributed by atoms with Crippen molar-refractivity contribution in [3.05, 3.63) is 46.1 Å². The summed E-state index contributed by atoms with van der Waals surface area (Å²) in [5.41, 5.74) is 0.233. The van der Waals surface area contributed by atoms with Crippen molar-refractivity contribution in [2.45, 2.75) is 51.7 Å². The van der Waals surface area contributed by atoms with Crippen molar-refractivity contribution in [1.29, 1.82) is 0 Å². The predicted molar refractivity (Wildman–Crippen MR) is 138 cm³/mol. The van der Waals surface area contributed by atoms with Crippen LogP contribution in [0.15, 0.2) is 46.1 Å². The van der Waals surface area contributed by atoms with E-state index in [0.717, 1.165) is 29.8 Å². The third-order valence-corrected chi connectivity index (χ3v) is 7.48. The maximum atomic E-state index is 14.4. The van der Waals surface area contributed by atoms with Gasteiger partial charge in [-0.25, -0.2) is 8.78 Å². The van der Waals surface area contributed by atoms with E-state index >= 15 is 0 Å². The highest BCUT2D eigenvalue weighted by molar-refractivity contribution is 8.04. The van der Waals surface area contributed by atoms with Crippen LogP contribution in [0.4, 0.5) is 8.78 Å². The summed E-state index contributed by atoms with van der Waals surface area (Å²) in [6.45, 7) is 6.30. The Hall–Kier alpha value is -2.95. The molecule has 1 fully saturated rings. The number of piperazine rings is 1. The Morgan fingerprint density at radius 1 is 1.22 bits per heavy atom. The molecule has 0 aromatic rings. The fourth-order valence-electron chi connectivity index (χ4n) is 4.52. The van der Waals surface area contributed by atoms with E-state index in [9.17, 15) is 28.0 Å². The lowest BCUT2D eigenvalue weighted by Gasteiger charge is -2.33.